The van der Waals surface area contributed by atoms with Crippen LogP contribution in [0.4, 0.5) is 0 Å². The van der Waals surface area contributed by atoms with Gasteiger partial charge in [0.1, 0.15) is 29.6 Å². The lowest BCUT2D eigenvalue weighted by Crippen LogP contribution is -2.45. The summed E-state index contributed by atoms with van der Waals surface area (Å²) in [6.45, 7) is 6.30. The lowest BCUT2D eigenvalue weighted by Gasteiger charge is -2.26. The number of carbonyl (C=O) groups is 2. The fourth-order valence-electron chi connectivity index (χ4n) is 4.66. The van der Waals surface area contributed by atoms with Crippen molar-refractivity contribution in [1.29, 1.82) is 0 Å². The standard InChI is InChI=1S/C26H28N4O5/c1-17-27-20-3-2-4-22(24(20)26(33)30(17)21-9-10-23(31)28-25(21)32)35-16-19-7-5-18(6-8-19)15-29-11-13-34-14-12-29/h2-8,21H,9-16H2,1H3,(H,28,31,32). The third kappa shape index (κ3) is 4.96. The van der Waals surface area contributed by atoms with Gasteiger partial charge in [0.2, 0.25) is 11.8 Å². The van der Waals surface area contributed by atoms with Crippen molar-refractivity contribution in [3.63, 3.8) is 0 Å². The van der Waals surface area contributed by atoms with Gasteiger partial charge in [0.05, 0.1) is 18.7 Å². The Balaban J connectivity index is 1.36. The van der Waals surface area contributed by atoms with Crippen molar-refractivity contribution in [2.45, 2.75) is 39.0 Å². The smallest absolute Gasteiger partial charge is 0.265 e. The Bertz CT molecular complexity index is 1310. The Hall–Kier alpha value is -3.56. The van der Waals surface area contributed by atoms with Gasteiger partial charge in [-0.25, -0.2) is 4.98 Å². The molecule has 0 saturated carbocycles. The molecule has 3 heterocycles. The second kappa shape index (κ2) is 9.97. The Morgan fingerprint density at radius 3 is 2.54 bits per heavy atom. The van der Waals surface area contributed by atoms with Crippen LogP contribution in [0.25, 0.3) is 10.9 Å². The quantitative estimate of drug-likeness (QED) is 0.544. The summed E-state index contributed by atoms with van der Waals surface area (Å²) in [6, 6.07) is 12.8. The first-order chi connectivity index (χ1) is 17.0. The van der Waals surface area contributed by atoms with Gasteiger partial charge in [-0.1, -0.05) is 30.3 Å². The maximum atomic E-state index is 13.5. The highest BCUT2D eigenvalue weighted by Gasteiger charge is 2.31. The van der Waals surface area contributed by atoms with Crippen molar-refractivity contribution >= 4 is 22.7 Å². The molecule has 0 radical (unpaired) electrons. The van der Waals surface area contributed by atoms with Gasteiger partial charge in [-0.15, -0.1) is 0 Å². The number of imide groups is 1. The normalized spacial score (nSPS) is 19.1. The van der Waals surface area contributed by atoms with E-state index in [0.717, 1.165) is 38.4 Å². The van der Waals surface area contributed by atoms with E-state index in [1.54, 1.807) is 25.1 Å². The van der Waals surface area contributed by atoms with E-state index in [-0.39, 0.29) is 24.3 Å². The van der Waals surface area contributed by atoms with Crippen LogP contribution in [0.5, 0.6) is 5.75 Å². The van der Waals surface area contributed by atoms with Gasteiger partial charge in [-0.3, -0.25) is 29.2 Å². The van der Waals surface area contributed by atoms with Crippen molar-refractivity contribution in [2.75, 3.05) is 26.3 Å². The molecule has 2 aliphatic heterocycles. The summed E-state index contributed by atoms with van der Waals surface area (Å²) in [5, 5.41) is 2.64. The molecule has 1 N–H and O–H groups in total. The van der Waals surface area contributed by atoms with Gasteiger partial charge in [-0.2, -0.15) is 0 Å². The van der Waals surface area contributed by atoms with Crippen molar-refractivity contribution in [2.24, 2.45) is 0 Å². The summed E-state index contributed by atoms with van der Waals surface area (Å²) in [7, 11) is 0. The second-order valence-electron chi connectivity index (χ2n) is 8.95. The van der Waals surface area contributed by atoms with Crippen molar-refractivity contribution < 1.29 is 19.1 Å². The van der Waals surface area contributed by atoms with Crippen LogP contribution < -0.4 is 15.6 Å². The van der Waals surface area contributed by atoms with Gasteiger partial charge in [0.15, 0.2) is 0 Å². The van der Waals surface area contributed by atoms with E-state index in [4.69, 9.17) is 9.47 Å². The number of piperidine rings is 1. The zero-order valence-electron chi connectivity index (χ0n) is 19.7. The molecule has 3 aromatic rings. The van der Waals surface area contributed by atoms with Crippen LogP contribution >= 0.6 is 0 Å². The summed E-state index contributed by atoms with van der Waals surface area (Å²) in [5.74, 6) is 0.0253. The molecule has 5 rings (SSSR count). The Morgan fingerprint density at radius 2 is 1.80 bits per heavy atom. The number of morpholine rings is 1. The number of carbonyl (C=O) groups excluding carboxylic acids is 2. The van der Waals surface area contributed by atoms with Gasteiger partial charge >= 0.3 is 0 Å². The Kier molecular flexibility index (Phi) is 6.61. The zero-order chi connectivity index (χ0) is 24.4. The topological polar surface area (TPSA) is 103 Å². The number of hydrogen-bond donors (Lipinski definition) is 1. The third-order valence-corrected chi connectivity index (χ3v) is 6.52. The van der Waals surface area contributed by atoms with Gasteiger partial charge < -0.3 is 9.47 Å². The fraction of sp³-hybridized carbons (Fsp3) is 0.385. The van der Waals surface area contributed by atoms with Gasteiger partial charge in [0.25, 0.3) is 5.56 Å². The van der Waals surface area contributed by atoms with Crippen LogP contribution in [0.15, 0.2) is 47.3 Å². The van der Waals surface area contributed by atoms with E-state index in [2.05, 4.69) is 27.3 Å². The number of aryl methyl sites for hydroxylation is 1. The third-order valence-electron chi connectivity index (χ3n) is 6.52. The number of aromatic nitrogens is 2. The maximum Gasteiger partial charge on any atom is 0.265 e. The summed E-state index contributed by atoms with van der Waals surface area (Å²) < 4.78 is 12.8. The summed E-state index contributed by atoms with van der Waals surface area (Å²) in [4.78, 5) is 44.4. The minimum absolute atomic E-state index is 0.181. The number of benzene rings is 2. The van der Waals surface area contributed by atoms with Crippen LogP contribution in [-0.4, -0.2) is 52.6 Å². The van der Waals surface area contributed by atoms with Crippen LogP contribution in [0, 0.1) is 6.92 Å². The molecule has 1 unspecified atom stereocenters. The number of fused-ring (bicyclic) bond motifs is 1. The first-order valence-corrected chi connectivity index (χ1v) is 11.9. The average molecular weight is 477 g/mol. The molecule has 1 aromatic heterocycles. The number of nitrogens with one attached hydrogen (secondary N) is 1. The second-order valence-corrected chi connectivity index (χ2v) is 8.95. The summed E-state index contributed by atoms with van der Waals surface area (Å²) >= 11 is 0. The van der Waals surface area contributed by atoms with E-state index >= 15 is 0 Å². The minimum Gasteiger partial charge on any atom is -0.488 e. The first-order valence-electron chi connectivity index (χ1n) is 11.9. The number of rotatable bonds is 6. The zero-order valence-corrected chi connectivity index (χ0v) is 19.7. The highest BCUT2D eigenvalue weighted by Crippen LogP contribution is 2.25. The highest BCUT2D eigenvalue weighted by molar-refractivity contribution is 5.99. The van der Waals surface area contributed by atoms with E-state index in [1.165, 1.54) is 10.1 Å². The predicted octanol–water partition coefficient (Wildman–Crippen LogP) is 2.09. The predicted molar refractivity (Wildman–Crippen MR) is 129 cm³/mol. The average Bonchev–Trinajstić information content (AvgIpc) is 2.85. The summed E-state index contributed by atoms with van der Waals surface area (Å²) in [6.07, 6.45) is 0.443. The number of amides is 2. The van der Waals surface area contributed by atoms with Gasteiger partial charge in [-0.05, 0) is 36.6 Å². The first kappa shape index (κ1) is 23.2. The van der Waals surface area contributed by atoms with Crippen molar-refractivity contribution in [1.82, 2.24) is 19.8 Å². The molecule has 2 aliphatic rings. The molecular formula is C26H28N4O5. The molecule has 0 aliphatic carbocycles. The molecule has 2 amide bonds. The molecule has 9 nitrogen and oxygen atoms in total. The summed E-state index contributed by atoms with van der Waals surface area (Å²) in [5.41, 5.74) is 2.37. The van der Waals surface area contributed by atoms with Crippen molar-refractivity contribution in [3.8, 4) is 5.75 Å². The van der Waals surface area contributed by atoms with E-state index in [0.29, 0.717) is 29.1 Å². The molecule has 2 aromatic carbocycles. The number of nitrogens with zero attached hydrogens (tertiary/aromatic N) is 3. The van der Waals surface area contributed by atoms with Crippen LogP contribution in [0.3, 0.4) is 0 Å². The maximum absolute atomic E-state index is 13.5. The molecule has 2 saturated heterocycles. The SMILES string of the molecule is Cc1nc2cccc(OCc3ccc(CN4CCOCC4)cc3)c2c(=O)n1C1CCC(=O)NC1=O. The lowest BCUT2D eigenvalue weighted by atomic mass is 10.1. The fourth-order valence-corrected chi connectivity index (χ4v) is 4.66. The molecule has 182 valence electrons. The molecule has 0 spiro atoms. The Morgan fingerprint density at radius 1 is 1.06 bits per heavy atom. The molecule has 0 bridgehead atoms. The van der Waals surface area contributed by atoms with Gasteiger partial charge in [0, 0.05) is 26.1 Å². The molecule has 9 heteroatoms. The van der Waals surface area contributed by atoms with Crippen LogP contribution in [0.2, 0.25) is 0 Å². The molecule has 2 fully saturated rings. The monoisotopic (exact) mass is 476 g/mol. The van der Waals surface area contributed by atoms with Crippen molar-refractivity contribution in [3.05, 3.63) is 69.8 Å². The Labute approximate surface area is 202 Å². The van der Waals surface area contributed by atoms with E-state index in [1.807, 2.05) is 12.1 Å². The van der Waals surface area contributed by atoms with Crippen LogP contribution in [0.1, 0.15) is 35.8 Å². The largest absolute Gasteiger partial charge is 0.488 e. The molecule has 35 heavy (non-hydrogen) atoms. The number of ether oxygens (including phenoxy) is 2. The highest BCUT2D eigenvalue weighted by atomic mass is 16.5. The number of hydrogen-bond acceptors (Lipinski definition) is 7. The lowest BCUT2D eigenvalue weighted by molar-refractivity contribution is -0.135. The van der Waals surface area contributed by atoms with E-state index in [9.17, 15) is 14.4 Å². The van der Waals surface area contributed by atoms with Crippen LogP contribution in [-0.2, 0) is 27.5 Å². The molecular weight excluding hydrogens is 448 g/mol. The minimum atomic E-state index is -0.774. The van der Waals surface area contributed by atoms with E-state index < -0.39 is 11.9 Å². The molecule has 1 atom stereocenters.